The molecule has 140 valence electrons. The van der Waals surface area contributed by atoms with Gasteiger partial charge < -0.3 is 28.9 Å². The van der Waals surface area contributed by atoms with Gasteiger partial charge in [0.25, 0.3) is 0 Å². The van der Waals surface area contributed by atoms with Gasteiger partial charge in [-0.3, -0.25) is 4.79 Å². The van der Waals surface area contributed by atoms with E-state index in [4.69, 9.17) is 13.6 Å². The predicted octanol–water partition coefficient (Wildman–Crippen LogP) is 2.60. The van der Waals surface area contributed by atoms with Crippen molar-refractivity contribution < 1.29 is 23.5 Å². The van der Waals surface area contributed by atoms with E-state index >= 15 is 0 Å². The number of fused-ring (bicyclic) bond motifs is 1. The molecule has 27 heavy (non-hydrogen) atoms. The van der Waals surface area contributed by atoms with E-state index in [9.17, 15) is 19.9 Å². The molecule has 2 aromatic heterocycles. The van der Waals surface area contributed by atoms with Gasteiger partial charge >= 0.3 is 11.6 Å². The van der Waals surface area contributed by atoms with Crippen molar-refractivity contribution in [2.75, 3.05) is 6.73 Å². The van der Waals surface area contributed by atoms with Crippen LogP contribution in [-0.4, -0.2) is 28.9 Å². The molecular weight excluding hydrogens is 354 g/mol. The lowest BCUT2D eigenvalue weighted by molar-refractivity contribution is -0.139. The van der Waals surface area contributed by atoms with Crippen LogP contribution >= 0.6 is 0 Å². The first kappa shape index (κ1) is 17.3. The first-order chi connectivity index (χ1) is 12.8. The number of furan rings is 1. The summed E-state index contributed by atoms with van der Waals surface area (Å²) in [4.78, 5) is 23.5. The Morgan fingerprint density at radius 2 is 1.96 bits per heavy atom. The third-order valence-corrected chi connectivity index (χ3v) is 4.74. The number of nitrogens with zero attached hydrogens (tertiary/aromatic N) is 1. The van der Waals surface area contributed by atoms with Gasteiger partial charge in [0.05, 0.1) is 5.56 Å². The summed E-state index contributed by atoms with van der Waals surface area (Å²) in [6.07, 6.45) is 0.220. The van der Waals surface area contributed by atoms with Gasteiger partial charge in [-0.05, 0) is 44.0 Å². The minimum Gasteiger partial charge on any atom is -0.782 e. The number of benzene rings is 1. The lowest BCUT2D eigenvalue weighted by atomic mass is 10.0. The second kappa shape index (κ2) is 6.26. The molecule has 1 aromatic carbocycles. The highest BCUT2D eigenvalue weighted by Gasteiger charge is 2.28. The van der Waals surface area contributed by atoms with E-state index in [-0.39, 0.29) is 30.2 Å². The van der Waals surface area contributed by atoms with Gasteiger partial charge in [0.1, 0.15) is 24.1 Å². The predicted molar refractivity (Wildman–Crippen MR) is 95.0 cm³/mol. The quantitative estimate of drug-likeness (QED) is 0.699. The molecule has 4 rings (SSSR count). The standard InChI is InChI=1S/C19H16NO7/c1-9-16(21)10(2)18(22)27-17(9)15-7-12-5-11(3-4-14(12)26-15)6-13-19(23)25-8-20(13)24/h3-5,7,13,21H,6,8H2,1-2H3/q-1. The van der Waals surface area contributed by atoms with E-state index in [1.165, 1.54) is 6.92 Å². The molecule has 1 atom stereocenters. The van der Waals surface area contributed by atoms with Crippen LogP contribution in [0.5, 0.6) is 5.75 Å². The molecule has 0 radical (unpaired) electrons. The Labute approximate surface area is 153 Å². The monoisotopic (exact) mass is 370 g/mol. The van der Waals surface area contributed by atoms with Crippen LogP contribution in [0.25, 0.3) is 22.5 Å². The van der Waals surface area contributed by atoms with Gasteiger partial charge in [-0.1, -0.05) is 6.07 Å². The van der Waals surface area contributed by atoms with Crippen molar-refractivity contribution in [1.82, 2.24) is 5.06 Å². The Kier molecular flexibility index (Phi) is 4.01. The van der Waals surface area contributed by atoms with E-state index in [2.05, 4.69) is 0 Å². The molecule has 1 aliphatic heterocycles. The molecule has 1 unspecified atom stereocenters. The van der Waals surface area contributed by atoms with Crippen molar-refractivity contribution in [3.8, 4) is 17.3 Å². The molecule has 1 fully saturated rings. The van der Waals surface area contributed by atoms with Crippen LogP contribution in [0.1, 0.15) is 16.7 Å². The van der Waals surface area contributed by atoms with Crippen molar-refractivity contribution >= 4 is 16.9 Å². The van der Waals surface area contributed by atoms with Gasteiger partial charge in [-0.15, -0.1) is 0 Å². The molecular formula is C19H16NO7-. The van der Waals surface area contributed by atoms with Crippen LogP contribution in [0.4, 0.5) is 0 Å². The number of rotatable bonds is 3. The fraction of sp³-hybridized carbons (Fsp3) is 0.263. The summed E-state index contributed by atoms with van der Waals surface area (Å²) in [5.74, 6) is -0.202. The summed E-state index contributed by atoms with van der Waals surface area (Å²) in [5.41, 5.74) is 1.22. The van der Waals surface area contributed by atoms with Crippen LogP contribution in [0, 0.1) is 19.1 Å². The van der Waals surface area contributed by atoms with Crippen molar-refractivity contribution in [3.05, 3.63) is 56.6 Å². The summed E-state index contributed by atoms with van der Waals surface area (Å²) >= 11 is 0. The number of aromatic hydroxyl groups is 1. The summed E-state index contributed by atoms with van der Waals surface area (Å²) in [5, 5.41) is 23.1. The molecule has 1 saturated heterocycles. The number of hydrogen-bond acceptors (Lipinski definition) is 8. The molecule has 0 bridgehead atoms. The fourth-order valence-electron chi connectivity index (χ4n) is 3.14. The van der Waals surface area contributed by atoms with E-state index in [1.54, 1.807) is 31.2 Å². The maximum atomic E-state index is 11.9. The van der Waals surface area contributed by atoms with Crippen LogP contribution in [-0.2, 0) is 16.0 Å². The topological polar surface area (TPSA) is 116 Å². The van der Waals surface area contributed by atoms with Gasteiger partial charge in [-0.25, -0.2) is 4.79 Å². The van der Waals surface area contributed by atoms with E-state index in [1.807, 2.05) is 0 Å². The van der Waals surface area contributed by atoms with E-state index < -0.39 is 17.6 Å². The number of carbonyl (C=O) groups excluding carboxylic acids is 1. The molecule has 0 amide bonds. The Hall–Kier alpha value is -3.10. The molecule has 3 heterocycles. The maximum absolute atomic E-state index is 11.9. The maximum Gasteiger partial charge on any atom is 0.343 e. The highest BCUT2D eigenvalue weighted by molar-refractivity contribution is 5.84. The summed E-state index contributed by atoms with van der Waals surface area (Å²) in [6.45, 7) is 2.86. The Morgan fingerprint density at radius 3 is 2.67 bits per heavy atom. The number of carbonyl (C=O) groups is 1. The molecule has 0 aliphatic carbocycles. The average molecular weight is 370 g/mol. The Balaban J connectivity index is 1.72. The highest BCUT2D eigenvalue weighted by Crippen LogP contribution is 2.34. The molecule has 1 N–H and O–H groups in total. The lowest BCUT2D eigenvalue weighted by Gasteiger charge is -2.24. The SMILES string of the molecule is Cc1c(-c2cc3cc(CC4C(=O)OCN4[O-])ccc3o2)oc(=O)c(C)c1O. The van der Waals surface area contributed by atoms with Gasteiger partial charge in [0.15, 0.2) is 11.5 Å². The van der Waals surface area contributed by atoms with Crippen LogP contribution in [0.15, 0.2) is 37.9 Å². The second-order valence-electron chi connectivity index (χ2n) is 6.53. The zero-order valence-corrected chi connectivity index (χ0v) is 14.6. The minimum absolute atomic E-state index is 0.127. The summed E-state index contributed by atoms with van der Waals surface area (Å²) in [7, 11) is 0. The van der Waals surface area contributed by atoms with Crippen LogP contribution in [0.3, 0.4) is 0 Å². The summed E-state index contributed by atoms with van der Waals surface area (Å²) < 4.78 is 15.8. The van der Waals surface area contributed by atoms with Gasteiger partial charge in [0, 0.05) is 10.9 Å². The lowest BCUT2D eigenvalue weighted by Crippen LogP contribution is -2.30. The van der Waals surface area contributed by atoms with Crippen molar-refractivity contribution in [2.45, 2.75) is 26.3 Å². The largest absolute Gasteiger partial charge is 0.782 e. The van der Waals surface area contributed by atoms with Crippen molar-refractivity contribution in [1.29, 1.82) is 0 Å². The van der Waals surface area contributed by atoms with Crippen molar-refractivity contribution in [3.63, 3.8) is 0 Å². The Bertz CT molecular complexity index is 1110. The summed E-state index contributed by atoms with van der Waals surface area (Å²) in [6, 6.07) is 6.09. The molecule has 0 saturated carbocycles. The minimum atomic E-state index is -0.858. The molecule has 0 spiro atoms. The van der Waals surface area contributed by atoms with E-state index in [0.29, 0.717) is 27.4 Å². The molecule has 8 nitrogen and oxygen atoms in total. The number of ether oxygens (including phenoxy) is 1. The normalized spacial score (nSPS) is 17.6. The number of cyclic esters (lactones) is 1. The fourth-order valence-corrected chi connectivity index (χ4v) is 3.14. The first-order valence-electron chi connectivity index (χ1n) is 8.31. The number of esters is 1. The Morgan fingerprint density at radius 1 is 1.19 bits per heavy atom. The second-order valence-corrected chi connectivity index (χ2v) is 6.53. The average Bonchev–Trinajstić information content (AvgIpc) is 3.20. The zero-order valence-electron chi connectivity index (χ0n) is 14.6. The molecule has 8 heteroatoms. The third kappa shape index (κ3) is 2.88. The molecule has 1 aliphatic rings. The number of hydroxylamine groups is 2. The zero-order chi connectivity index (χ0) is 19.3. The van der Waals surface area contributed by atoms with E-state index in [0.717, 1.165) is 5.56 Å². The highest BCUT2D eigenvalue weighted by atomic mass is 16.6. The first-order valence-corrected chi connectivity index (χ1v) is 8.31. The number of hydrogen-bond donors (Lipinski definition) is 1. The molecule has 3 aromatic rings. The third-order valence-electron chi connectivity index (χ3n) is 4.74. The van der Waals surface area contributed by atoms with Gasteiger partial charge in [0.2, 0.25) is 0 Å². The smallest absolute Gasteiger partial charge is 0.343 e. The van der Waals surface area contributed by atoms with Crippen LogP contribution < -0.4 is 5.63 Å². The van der Waals surface area contributed by atoms with Gasteiger partial charge in [-0.2, -0.15) is 0 Å². The van der Waals surface area contributed by atoms with Crippen molar-refractivity contribution in [2.24, 2.45) is 0 Å². The van der Waals surface area contributed by atoms with Crippen LogP contribution in [0.2, 0.25) is 0 Å².